The van der Waals surface area contributed by atoms with Crippen molar-refractivity contribution in [3.8, 4) is 0 Å². The van der Waals surface area contributed by atoms with Gasteiger partial charge in [0.15, 0.2) is 0 Å². The number of nitrogens with zero attached hydrogens (tertiary/aromatic N) is 1. The summed E-state index contributed by atoms with van der Waals surface area (Å²) < 4.78 is 0. The molecule has 1 heterocycles. The number of likely N-dealkylation sites (tertiary alicyclic amines) is 1. The molecule has 0 bridgehead atoms. The highest BCUT2D eigenvalue weighted by Crippen LogP contribution is 2.19. The largest absolute Gasteiger partial charge is 0.330 e. The molecular formula is C9H20N2. The molecule has 0 saturated carbocycles. The third-order valence-electron chi connectivity index (χ3n) is 2.65. The van der Waals surface area contributed by atoms with Crippen LogP contribution in [0.1, 0.15) is 26.7 Å². The summed E-state index contributed by atoms with van der Waals surface area (Å²) in [6, 6.07) is 0.780. The maximum Gasteiger partial charge on any atom is 0.00670 e. The summed E-state index contributed by atoms with van der Waals surface area (Å²) in [5, 5.41) is 0. The van der Waals surface area contributed by atoms with E-state index in [1.165, 1.54) is 25.9 Å². The zero-order valence-corrected chi connectivity index (χ0v) is 7.71. The van der Waals surface area contributed by atoms with Crippen LogP contribution in [0.5, 0.6) is 0 Å². The lowest BCUT2D eigenvalue weighted by Crippen LogP contribution is -2.53. The van der Waals surface area contributed by atoms with Crippen LogP contribution in [-0.2, 0) is 0 Å². The van der Waals surface area contributed by atoms with E-state index in [0.717, 1.165) is 18.5 Å². The third-order valence-corrected chi connectivity index (χ3v) is 2.65. The molecule has 2 nitrogen and oxygen atoms in total. The first kappa shape index (κ1) is 9.01. The first-order valence-electron chi connectivity index (χ1n) is 4.72. The molecule has 11 heavy (non-hydrogen) atoms. The first-order chi connectivity index (χ1) is 5.27. The molecular weight excluding hydrogens is 136 g/mol. The number of rotatable bonds is 4. The van der Waals surface area contributed by atoms with Crippen LogP contribution in [0.2, 0.25) is 0 Å². The monoisotopic (exact) mass is 156 g/mol. The molecule has 0 aliphatic carbocycles. The van der Waals surface area contributed by atoms with E-state index in [1.54, 1.807) is 0 Å². The summed E-state index contributed by atoms with van der Waals surface area (Å²) in [6.07, 6.45) is 2.63. The van der Waals surface area contributed by atoms with Gasteiger partial charge in [-0.2, -0.15) is 0 Å². The standard InChI is InChI=1S/C9H20N2/c1-3-4-8(2)11-6-9(5-10)7-11/h8-9H,3-7,10H2,1-2H3. The van der Waals surface area contributed by atoms with Crippen LogP contribution >= 0.6 is 0 Å². The average molecular weight is 156 g/mol. The maximum atomic E-state index is 5.54. The van der Waals surface area contributed by atoms with Crippen LogP contribution < -0.4 is 5.73 Å². The van der Waals surface area contributed by atoms with Crippen molar-refractivity contribution in [1.82, 2.24) is 4.90 Å². The van der Waals surface area contributed by atoms with Gasteiger partial charge in [-0.1, -0.05) is 13.3 Å². The van der Waals surface area contributed by atoms with Gasteiger partial charge in [0, 0.05) is 19.1 Å². The van der Waals surface area contributed by atoms with Crippen molar-refractivity contribution in [1.29, 1.82) is 0 Å². The van der Waals surface area contributed by atoms with E-state index in [0.29, 0.717) is 0 Å². The molecule has 2 N–H and O–H groups in total. The minimum atomic E-state index is 0.780. The van der Waals surface area contributed by atoms with E-state index in [4.69, 9.17) is 5.73 Å². The molecule has 1 saturated heterocycles. The normalized spacial score (nSPS) is 23.2. The van der Waals surface area contributed by atoms with Crippen molar-refractivity contribution in [2.75, 3.05) is 19.6 Å². The van der Waals surface area contributed by atoms with Crippen LogP contribution in [0.15, 0.2) is 0 Å². The van der Waals surface area contributed by atoms with Crippen LogP contribution in [-0.4, -0.2) is 30.6 Å². The Labute approximate surface area is 69.8 Å². The number of nitrogens with two attached hydrogens (primary N) is 1. The van der Waals surface area contributed by atoms with Crippen LogP contribution in [0, 0.1) is 5.92 Å². The molecule has 1 atom stereocenters. The Kier molecular flexibility index (Phi) is 3.34. The van der Waals surface area contributed by atoms with Crippen molar-refractivity contribution in [3.63, 3.8) is 0 Å². The fourth-order valence-corrected chi connectivity index (χ4v) is 1.72. The molecule has 0 spiro atoms. The van der Waals surface area contributed by atoms with E-state index in [-0.39, 0.29) is 0 Å². The number of hydrogen-bond donors (Lipinski definition) is 1. The third kappa shape index (κ3) is 2.17. The highest BCUT2D eigenvalue weighted by molar-refractivity contribution is 4.83. The van der Waals surface area contributed by atoms with E-state index in [1.807, 2.05) is 0 Å². The van der Waals surface area contributed by atoms with Gasteiger partial charge in [0.2, 0.25) is 0 Å². The summed E-state index contributed by atoms with van der Waals surface area (Å²) >= 11 is 0. The first-order valence-corrected chi connectivity index (χ1v) is 4.72. The Balaban J connectivity index is 2.10. The van der Waals surface area contributed by atoms with E-state index >= 15 is 0 Å². The summed E-state index contributed by atoms with van der Waals surface area (Å²) in [5.74, 6) is 0.786. The van der Waals surface area contributed by atoms with Gasteiger partial charge in [-0.15, -0.1) is 0 Å². The highest BCUT2D eigenvalue weighted by atomic mass is 15.2. The zero-order chi connectivity index (χ0) is 8.27. The van der Waals surface area contributed by atoms with Crippen molar-refractivity contribution in [2.24, 2.45) is 11.7 Å². The van der Waals surface area contributed by atoms with Gasteiger partial charge in [0.1, 0.15) is 0 Å². The van der Waals surface area contributed by atoms with Crippen LogP contribution in [0.25, 0.3) is 0 Å². The van der Waals surface area contributed by atoms with E-state index in [9.17, 15) is 0 Å². The second kappa shape index (κ2) is 4.07. The molecule has 1 aliphatic heterocycles. The van der Waals surface area contributed by atoms with Crippen molar-refractivity contribution in [2.45, 2.75) is 32.7 Å². The van der Waals surface area contributed by atoms with Gasteiger partial charge in [-0.25, -0.2) is 0 Å². The molecule has 1 rings (SSSR count). The smallest absolute Gasteiger partial charge is 0.00670 e. The van der Waals surface area contributed by atoms with Crippen molar-refractivity contribution in [3.05, 3.63) is 0 Å². The number of hydrogen-bond acceptors (Lipinski definition) is 2. The Morgan fingerprint density at radius 2 is 2.18 bits per heavy atom. The summed E-state index contributed by atoms with van der Waals surface area (Å²) in [4.78, 5) is 2.53. The Hall–Kier alpha value is -0.0800. The Morgan fingerprint density at radius 1 is 1.55 bits per heavy atom. The molecule has 2 heteroatoms. The Morgan fingerprint density at radius 3 is 2.64 bits per heavy atom. The molecule has 1 aliphatic rings. The minimum Gasteiger partial charge on any atom is -0.330 e. The molecule has 0 aromatic heterocycles. The summed E-state index contributed by atoms with van der Waals surface area (Å²) in [7, 11) is 0. The van der Waals surface area contributed by atoms with Gasteiger partial charge >= 0.3 is 0 Å². The predicted molar refractivity (Wildman–Crippen MR) is 48.5 cm³/mol. The lowest BCUT2D eigenvalue weighted by atomic mass is 9.97. The Bertz CT molecular complexity index is 108. The topological polar surface area (TPSA) is 29.3 Å². The minimum absolute atomic E-state index is 0.780. The zero-order valence-electron chi connectivity index (χ0n) is 7.71. The molecule has 0 aromatic carbocycles. The van der Waals surface area contributed by atoms with Gasteiger partial charge in [0.05, 0.1) is 0 Å². The summed E-state index contributed by atoms with van der Waals surface area (Å²) in [6.45, 7) is 7.90. The molecule has 0 amide bonds. The SMILES string of the molecule is CCCC(C)N1CC(CN)C1. The van der Waals surface area contributed by atoms with E-state index < -0.39 is 0 Å². The fourth-order valence-electron chi connectivity index (χ4n) is 1.72. The second-order valence-electron chi connectivity index (χ2n) is 3.69. The molecule has 0 radical (unpaired) electrons. The molecule has 0 aromatic rings. The van der Waals surface area contributed by atoms with Gasteiger partial charge in [-0.3, -0.25) is 4.90 Å². The quantitative estimate of drug-likeness (QED) is 0.659. The predicted octanol–water partition coefficient (Wildman–Crippen LogP) is 1.07. The van der Waals surface area contributed by atoms with Crippen LogP contribution in [0.4, 0.5) is 0 Å². The highest BCUT2D eigenvalue weighted by Gasteiger charge is 2.28. The summed E-state index contributed by atoms with van der Waals surface area (Å²) in [5.41, 5.74) is 5.54. The van der Waals surface area contributed by atoms with E-state index in [2.05, 4.69) is 18.7 Å². The van der Waals surface area contributed by atoms with Crippen LogP contribution in [0.3, 0.4) is 0 Å². The van der Waals surface area contributed by atoms with Gasteiger partial charge < -0.3 is 5.73 Å². The average Bonchev–Trinajstić information content (AvgIpc) is 1.86. The van der Waals surface area contributed by atoms with Gasteiger partial charge in [0.25, 0.3) is 0 Å². The van der Waals surface area contributed by atoms with Crippen molar-refractivity contribution < 1.29 is 0 Å². The van der Waals surface area contributed by atoms with Crippen molar-refractivity contribution >= 4 is 0 Å². The second-order valence-corrected chi connectivity index (χ2v) is 3.69. The maximum absolute atomic E-state index is 5.54. The molecule has 1 unspecified atom stereocenters. The van der Waals surface area contributed by atoms with Gasteiger partial charge in [-0.05, 0) is 25.8 Å². The lowest BCUT2D eigenvalue weighted by Gasteiger charge is -2.42. The fraction of sp³-hybridized carbons (Fsp3) is 1.00. The lowest BCUT2D eigenvalue weighted by molar-refractivity contribution is 0.0608. The molecule has 66 valence electrons. The molecule has 1 fully saturated rings.